The number of hydrogen-bond donors (Lipinski definition) is 1. The first kappa shape index (κ1) is 15.4. The zero-order chi connectivity index (χ0) is 14.8. The van der Waals surface area contributed by atoms with Crippen molar-refractivity contribution in [3.63, 3.8) is 0 Å². The molecule has 0 aromatic heterocycles. The van der Waals surface area contributed by atoms with Gasteiger partial charge in [-0.2, -0.15) is 0 Å². The maximum atomic E-state index is 12.4. The van der Waals surface area contributed by atoms with Crippen molar-refractivity contribution in [3.8, 4) is 0 Å². The predicted molar refractivity (Wildman–Crippen MR) is 82.0 cm³/mol. The highest BCUT2D eigenvalue weighted by atomic mass is 32.2. The van der Waals surface area contributed by atoms with E-state index in [1.165, 1.54) is 6.92 Å². The third-order valence-electron chi connectivity index (χ3n) is 3.73. The first-order valence-corrected chi connectivity index (χ1v) is 8.17. The van der Waals surface area contributed by atoms with E-state index in [4.69, 9.17) is 0 Å². The van der Waals surface area contributed by atoms with Gasteiger partial charge >= 0.3 is 0 Å². The first-order valence-electron chi connectivity index (χ1n) is 7.19. The number of carbonyl (C=O) groups is 2. The van der Waals surface area contributed by atoms with Gasteiger partial charge in [-0.1, -0.05) is 0 Å². The van der Waals surface area contributed by atoms with Crippen LogP contribution >= 0.6 is 11.8 Å². The molecule has 0 radical (unpaired) electrons. The van der Waals surface area contributed by atoms with Gasteiger partial charge < -0.3 is 10.2 Å². The largest absolute Gasteiger partial charge is 0.343 e. The lowest BCUT2D eigenvalue weighted by atomic mass is 10.1. The topological polar surface area (TPSA) is 61.8 Å². The molecule has 2 heterocycles. The molecule has 5 nitrogen and oxygen atoms in total. The predicted octanol–water partition coefficient (Wildman–Crippen LogP) is 1.43. The van der Waals surface area contributed by atoms with Crippen molar-refractivity contribution >= 4 is 28.6 Å². The minimum Gasteiger partial charge on any atom is -0.343 e. The van der Waals surface area contributed by atoms with E-state index < -0.39 is 5.54 Å². The summed E-state index contributed by atoms with van der Waals surface area (Å²) >= 11 is 1.72. The Morgan fingerprint density at radius 2 is 2.15 bits per heavy atom. The molecule has 0 aliphatic carbocycles. The highest BCUT2D eigenvalue weighted by Crippen LogP contribution is 2.23. The molecule has 0 spiro atoms. The monoisotopic (exact) mass is 297 g/mol. The van der Waals surface area contributed by atoms with E-state index in [0.717, 1.165) is 36.6 Å². The van der Waals surface area contributed by atoms with E-state index in [2.05, 4.69) is 10.3 Å². The van der Waals surface area contributed by atoms with E-state index >= 15 is 0 Å². The minimum absolute atomic E-state index is 0.0233. The number of amides is 2. The summed E-state index contributed by atoms with van der Waals surface area (Å²) in [7, 11) is 0. The van der Waals surface area contributed by atoms with Crippen LogP contribution in [0.2, 0.25) is 0 Å². The van der Waals surface area contributed by atoms with Gasteiger partial charge in [0.2, 0.25) is 11.8 Å². The zero-order valence-electron chi connectivity index (χ0n) is 12.4. The number of carbonyl (C=O) groups excluding carboxylic acids is 2. The molecular formula is C14H23N3O2S. The van der Waals surface area contributed by atoms with Crippen LogP contribution in [0.4, 0.5) is 0 Å². The molecule has 20 heavy (non-hydrogen) atoms. The summed E-state index contributed by atoms with van der Waals surface area (Å²) in [5.41, 5.74) is -0.451. The second kappa shape index (κ2) is 6.16. The Labute approximate surface area is 124 Å². The van der Waals surface area contributed by atoms with Crippen LogP contribution in [0.15, 0.2) is 4.99 Å². The summed E-state index contributed by atoms with van der Waals surface area (Å²) in [6, 6.07) is -0.319. The lowest BCUT2D eigenvalue weighted by Gasteiger charge is -2.32. The van der Waals surface area contributed by atoms with Crippen LogP contribution in [0.1, 0.15) is 40.0 Å². The second-order valence-electron chi connectivity index (χ2n) is 5.87. The molecule has 2 aliphatic rings. The molecule has 0 bridgehead atoms. The van der Waals surface area contributed by atoms with Crippen LogP contribution in [0.25, 0.3) is 0 Å². The summed E-state index contributed by atoms with van der Waals surface area (Å²) in [6.45, 7) is 7.01. The molecule has 112 valence electrons. The number of aliphatic imine (C=N–C) groups is 1. The van der Waals surface area contributed by atoms with E-state index in [0.29, 0.717) is 6.54 Å². The van der Waals surface area contributed by atoms with Crippen molar-refractivity contribution in [2.75, 3.05) is 18.8 Å². The molecule has 2 rings (SSSR count). The molecule has 0 aromatic rings. The third kappa shape index (κ3) is 3.34. The molecule has 1 fully saturated rings. The average Bonchev–Trinajstić information content (AvgIpc) is 2.88. The normalized spacial score (nSPS) is 23.4. The van der Waals surface area contributed by atoms with Crippen molar-refractivity contribution in [2.24, 2.45) is 4.99 Å². The maximum Gasteiger partial charge on any atom is 0.243 e. The van der Waals surface area contributed by atoms with Gasteiger partial charge in [-0.15, -0.1) is 11.8 Å². The number of thioether (sulfide) groups is 1. The Hall–Kier alpha value is -1.04. The highest BCUT2D eigenvalue weighted by Gasteiger charge is 2.36. The number of rotatable bonds is 3. The van der Waals surface area contributed by atoms with E-state index in [9.17, 15) is 9.59 Å². The zero-order valence-corrected chi connectivity index (χ0v) is 13.3. The van der Waals surface area contributed by atoms with Crippen molar-refractivity contribution < 1.29 is 9.59 Å². The Bertz CT molecular complexity index is 434. The van der Waals surface area contributed by atoms with Crippen LogP contribution in [-0.4, -0.2) is 52.2 Å². The minimum atomic E-state index is -0.451. The summed E-state index contributed by atoms with van der Waals surface area (Å²) < 4.78 is 0. The number of nitrogens with zero attached hydrogens (tertiary/aromatic N) is 2. The fourth-order valence-electron chi connectivity index (χ4n) is 2.70. The van der Waals surface area contributed by atoms with Gasteiger partial charge in [0.1, 0.15) is 6.04 Å². The quantitative estimate of drug-likeness (QED) is 0.857. The smallest absolute Gasteiger partial charge is 0.243 e. The van der Waals surface area contributed by atoms with Gasteiger partial charge in [0.25, 0.3) is 0 Å². The number of likely N-dealkylation sites (tertiary alicyclic amines) is 1. The van der Waals surface area contributed by atoms with Crippen LogP contribution in [0.5, 0.6) is 0 Å². The van der Waals surface area contributed by atoms with Gasteiger partial charge in [0.05, 0.1) is 10.6 Å². The summed E-state index contributed by atoms with van der Waals surface area (Å²) in [6.07, 6.45) is 2.74. The average molecular weight is 297 g/mol. The number of nitrogens with one attached hydrogen (secondary N) is 1. The summed E-state index contributed by atoms with van der Waals surface area (Å²) in [5, 5.41) is 4.06. The second-order valence-corrected chi connectivity index (χ2v) is 6.96. The lowest BCUT2D eigenvalue weighted by molar-refractivity contribution is -0.137. The molecule has 1 saturated heterocycles. The van der Waals surface area contributed by atoms with Gasteiger partial charge in [0.15, 0.2) is 0 Å². The third-order valence-corrected chi connectivity index (χ3v) is 5.13. The first-order chi connectivity index (χ1) is 9.42. The molecule has 0 unspecified atom stereocenters. The molecule has 2 amide bonds. The Kier molecular flexibility index (Phi) is 4.73. The van der Waals surface area contributed by atoms with Crippen molar-refractivity contribution in [3.05, 3.63) is 0 Å². The van der Waals surface area contributed by atoms with Crippen molar-refractivity contribution in [1.29, 1.82) is 0 Å². The van der Waals surface area contributed by atoms with Crippen molar-refractivity contribution in [2.45, 2.75) is 51.6 Å². The van der Waals surface area contributed by atoms with E-state index in [1.807, 2.05) is 13.8 Å². The maximum absolute atomic E-state index is 12.4. The fraction of sp³-hybridized carbons (Fsp3) is 0.786. The molecular weight excluding hydrogens is 274 g/mol. The Balaban J connectivity index is 2.03. The molecule has 6 heteroatoms. The molecule has 0 aromatic carbocycles. The van der Waals surface area contributed by atoms with Crippen LogP contribution in [-0.2, 0) is 9.59 Å². The van der Waals surface area contributed by atoms with Gasteiger partial charge in [0, 0.05) is 25.8 Å². The standard InChI is InChI=1S/C14H23N3O2S/c1-10(18)17-8-4-6-11(17)12(19)16-14(2,3)13-15-7-5-9-20-13/h11H,4-9H2,1-3H3,(H,16,19)/t11-/m0/s1. The fourth-order valence-corrected chi connectivity index (χ4v) is 3.76. The van der Waals surface area contributed by atoms with Gasteiger partial charge in [-0.3, -0.25) is 14.6 Å². The summed E-state index contributed by atoms with van der Waals surface area (Å²) in [5.74, 6) is 0.975. The SMILES string of the molecule is CC(=O)N1CCC[C@H]1C(=O)NC(C)(C)C1=NCCCS1. The van der Waals surface area contributed by atoms with E-state index in [-0.39, 0.29) is 17.9 Å². The molecule has 2 aliphatic heterocycles. The Morgan fingerprint density at radius 1 is 1.40 bits per heavy atom. The molecule has 1 atom stereocenters. The van der Waals surface area contributed by atoms with Crippen LogP contribution in [0, 0.1) is 0 Å². The highest BCUT2D eigenvalue weighted by molar-refractivity contribution is 8.14. The number of hydrogen-bond acceptors (Lipinski definition) is 4. The summed E-state index contributed by atoms with van der Waals surface area (Å²) in [4.78, 5) is 30.2. The van der Waals surface area contributed by atoms with Gasteiger partial charge in [-0.05, 0) is 33.1 Å². The Morgan fingerprint density at radius 3 is 2.75 bits per heavy atom. The molecule has 1 N–H and O–H groups in total. The van der Waals surface area contributed by atoms with Gasteiger partial charge in [-0.25, -0.2) is 0 Å². The van der Waals surface area contributed by atoms with Crippen LogP contribution < -0.4 is 5.32 Å². The van der Waals surface area contributed by atoms with E-state index in [1.54, 1.807) is 16.7 Å². The lowest BCUT2D eigenvalue weighted by Crippen LogP contribution is -2.55. The molecule has 0 saturated carbocycles. The van der Waals surface area contributed by atoms with Crippen LogP contribution in [0.3, 0.4) is 0 Å². The van der Waals surface area contributed by atoms with Crippen molar-refractivity contribution in [1.82, 2.24) is 10.2 Å².